The summed E-state index contributed by atoms with van der Waals surface area (Å²) in [4.78, 5) is 0. The Hall–Kier alpha value is -2.86. The van der Waals surface area contributed by atoms with Crippen molar-refractivity contribution < 1.29 is 0 Å². The lowest BCUT2D eigenvalue weighted by atomic mass is 9.42. The van der Waals surface area contributed by atoms with Gasteiger partial charge in [-0.2, -0.15) is 0 Å². The third-order valence-corrected chi connectivity index (χ3v) is 10.7. The van der Waals surface area contributed by atoms with Crippen molar-refractivity contribution in [3.8, 4) is 0 Å². The van der Waals surface area contributed by atoms with E-state index in [0.29, 0.717) is 17.8 Å². The van der Waals surface area contributed by atoms with Crippen LogP contribution in [0.1, 0.15) is 57.8 Å². The molecule has 0 saturated heterocycles. The lowest BCUT2D eigenvalue weighted by molar-refractivity contribution is 0.0566. The summed E-state index contributed by atoms with van der Waals surface area (Å²) in [5.41, 5.74) is 15.0. The van der Waals surface area contributed by atoms with E-state index >= 15 is 0 Å². The maximum Gasteiger partial charge on any atom is 0.0151 e. The van der Waals surface area contributed by atoms with Crippen molar-refractivity contribution in [2.45, 2.75) is 57.8 Å². The summed E-state index contributed by atoms with van der Waals surface area (Å²) in [6.45, 7) is 0. The zero-order valence-corrected chi connectivity index (χ0v) is 22.3. The molecule has 38 heavy (non-hydrogen) atoms. The zero-order valence-electron chi connectivity index (χ0n) is 22.3. The van der Waals surface area contributed by atoms with E-state index in [1.165, 1.54) is 62.5 Å². The summed E-state index contributed by atoms with van der Waals surface area (Å²) >= 11 is 0. The van der Waals surface area contributed by atoms with E-state index in [4.69, 9.17) is 0 Å². The van der Waals surface area contributed by atoms with Gasteiger partial charge in [0, 0.05) is 36.5 Å². The molecule has 8 aliphatic carbocycles. The lowest BCUT2D eigenvalue weighted by Gasteiger charge is -2.61. The fraction of sp³-hybridized carbons (Fsp3) is 0.342. The lowest BCUT2D eigenvalue weighted by Crippen LogP contribution is -2.52. The van der Waals surface area contributed by atoms with Gasteiger partial charge in [0.2, 0.25) is 0 Å². The van der Waals surface area contributed by atoms with E-state index in [1.807, 2.05) is 0 Å². The average molecular weight is 494 g/mol. The van der Waals surface area contributed by atoms with Crippen LogP contribution in [0.25, 0.3) is 0 Å². The van der Waals surface area contributed by atoms with Crippen LogP contribution < -0.4 is 0 Å². The first kappa shape index (κ1) is 23.1. The predicted octanol–water partition coefficient (Wildman–Crippen LogP) is 9.50. The summed E-state index contributed by atoms with van der Waals surface area (Å²) in [6.07, 6.45) is 49.0. The molecule has 0 N–H and O–H groups in total. The molecule has 0 amide bonds. The fourth-order valence-corrected chi connectivity index (χ4v) is 9.46. The van der Waals surface area contributed by atoms with Crippen molar-refractivity contribution >= 4 is 0 Å². The summed E-state index contributed by atoms with van der Waals surface area (Å²) < 4.78 is 0. The molecule has 0 aromatic rings. The van der Waals surface area contributed by atoms with Crippen molar-refractivity contribution in [3.05, 3.63) is 148 Å². The third kappa shape index (κ3) is 3.41. The van der Waals surface area contributed by atoms with Gasteiger partial charge in [0.25, 0.3) is 0 Å². The van der Waals surface area contributed by atoms with Gasteiger partial charge in [-0.15, -0.1) is 0 Å². The van der Waals surface area contributed by atoms with Crippen LogP contribution in [0, 0.1) is 42.4 Å². The van der Waals surface area contributed by atoms with Crippen LogP contribution in [0.5, 0.6) is 0 Å². The zero-order chi connectivity index (χ0) is 25.1. The summed E-state index contributed by atoms with van der Waals surface area (Å²) in [6, 6.07) is 0. The first-order valence-corrected chi connectivity index (χ1v) is 15.0. The summed E-state index contributed by atoms with van der Waals surface area (Å²) in [5.74, 6) is 1.82. The maximum absolute atomic E-state index is 2.63. The third-order valence-electron chi connectivity index (χ3n) is 10.7. The van der Waals surface area contributed by atoms with Gasteiger partial charge in [-0.3, -0.25) is 0 Å². The highest BCUT2D eigenvalue weighted by atomic mass is 14.6. The molecule has 4 atom stereocenters. The number of allylic oxidation sites excluding steroid dienone is 22. The molecule has 0 aromatic heterocycles. The van der Waals surface area contributed by atoms with Crippen LogP contribution in [-0.4, -0.2) is 0 Å². The van der Waals surface area contributed by atoms with Crippen molar-refractivity contribution in [1.82, 2.24) is 0 Å². The molecule has 0 bridgehead atoms. The SMILES string of the molecule is [CH]1C=CC(/C=C2/CCCC3=C2CCC24/C(=C/C5=CC=C[CH]5)CCCC2C(C2=C[CH]C=C2)C2=C(C=CC2)C34)=C1. The van der Waals surface area contributed by atoms with Crippen molar-refractivity contribution in [1.29, 1.82) is 0 Å². The molecule has 1 spiro atoms. The molecule has 0 aromatic carbocycles. The minimum Gasteiger partial charge on any atom is -0.0801 e. The van der Waals surface area contributed by atoms with E-state index in [9.17, 15) is 0 Å². The van der Waals surface area contributed by atoms with Gasteiger partial charge in [-0.25, -0.2) is 0 Å². The van der Waals surface area contributed by atoms with Crippen molar-refractivity contribution in [2.75, 3.05) is 0 Å². The van der Waals surface area contributed by atoms with Crippen LogP contribution in [-0.2, 0) is 0 Å². The Labute approximate surface area is 229 Å². The minimum atomic E-state index is 0.243. The number of fused-ring (bicyclic) bond motifs is 2. The Morgan fingerprint density at radius 2 is 1.71 bits per heavy atom. The molecule has 8 aliphatic rings. The monoisotopic (exact) mass is 493 g/mol. The molecule has 0 heterocycles. The topological polar surface area (TPSA) is 0 Å². The smallest absolute Gasteiger partial charge is 0.0151 e. The largest absolute Gasteiger partial charge is 0.0801 e. The van der Waals surface area contributed by atoms with Crippen LogP contribution in [0.2, 0.25) is 0 Å². The Morgan fingerprint density at radius 3 is 2.55 bits per heavy atom. The van der Waals surface area contributed by atoms with E-state index in [1.54, 1.807) is 39.0 Å². The normalized spacial score (nSPS) is 37.1. The molecule has 0 heteroatoms. The minimum absolute atomic E-state index is 0.243. The number of rotatable bonds is 3. The predicted molar refractivity (Wildman–Crippen MR) is 158 cm³/mol. The maximum atomic E-state index is 2.63. The van der Waals surface area contributed by atoms with E-state index in [0.717, 1.165) is 6.42 Å². The Morgan fingerprint density at radius 1 is 0.763 bits per heavy atom. The first-order chi connectivity index (χ1) is 18.8. The van der Waals surface area contributed by atoms with Crippen LogP contribution in [0.15, 0.2) is 129 Å². The Kier molecular flexibility index (Phi) is 5.53. The summed E-state index contributed by atoms with van der Waals surface area (Å²) in [5, 5.41) is 0. The van der Waals surface area contributed by atoms with Gasteiger partial charge < -0.3 is 0 Å². The molecular weight excluding hydrogens is 456 g/mol. The van der Waals surface area contributed by atoms with Gasteiger partial charge >= 0.3 is 0 Å². The van der Waals surface area contributed by atoms with Crippen LogP contribution in [0.3, 0.4) is 0 Å². The first-order valence-electron chi connectivity index (χ1n) is 15.0. The number of hydrogen-bond acceptors (Lipinski definition) is 0. The second-order valence-corrected chi connectivity index (χ2v) is 12.4. The molecule has 8 rings (SSSR count). The summed E-state index contributed by atoms with van der Waals surface area (Å²) in [7, 11) is 0. The molecule has 1 fully saturated rings. The molecule has 0 nitrogen and oxygen atoms in total. The van der Waals surface area contributed by atoms with E-state index in [2.05, 4.69) is 98.3 Å². The fourth-order valence-electron chi connectivity index (χ4n) is 9.46. The van der Waals surface area contributed by atoms with Crippen molar-refractivity contribution in [3.63, 3.8) is 0 Å². The van der Waals surface area contributed by atoms with E-state index < -0.39 is 0 Å². The Balaban J connectivity index is 1.35. The molecule has 189 valence electrons. The van der Waals surface area contributed by atoms with Crippen molar-refractivity contribution in [2.24, 2.45) is 23.2 Å². The highest BCUT2D eigenvalue weighted by Gasteiger charge is 2.59. The Bertz CT molecular complexity index is 1410. The quantitative estimate of drug-likeness (QED) is 0.367. The molecule has 4 unspecified atom stereocenters. The average Bonchev–Trinajstić information content (AvgIpc) is 3.76. The second kappa shape index (κ2) is 9.11. The highest BCUT2D eigenvalue weighted by Crippen LogP contribution is 2.69. The van der Waals surface area contributed by atoms with Crippen LogP contribution in [0.4, 0.5) is 0 Å². The van der Waals surface area contributed by atoms with Gasteiger partial charge in [0.05, 0.1) is 0 Å². The second-order valence-electron chi connectivity index (χ2n) is 12.4. The van der Waals surface area contributed by atoms with Gasteiger partial charge in [0.1, 0.15) is 0 Å². The van der Waals surface area contributed by atoms with Gasteiger partial charge in [-0.1, -0.05) is 95.7 Å². The standard InChI is InChI=1S/C38H37/c1-2-11-26(10-1)24-29-16-7-19-33-31(29)22-23-38-30(25-27-12-3-4-13-27)17-8-21-35(38)36(28-14-5-6-15-28)32-18-9-20-34(32)37(33)38/h1-6,9-15,20,24-25,35-37H,7-8,16-19,21-23H2/b29-24-,30-25+. The van der Waals surface area contributed by atoms with E-state index in [-0.39, 0.29) is 5.41 Å². The number of hydrogen-bond donors (Lipinski definition) is 0. The molecule has 1 saturated carbocycles. The van der Waals surface area contributed by atoms with Gasteiger partial charge in [-0.05, 0) is 97.1 Å². The molecule has 3 radical (unpaired) electrons. The molecular formula is C38H37. The molecule has 0 aliphatic heterocycles. The highest BCUT2D eigenvalue weighted by molar-refractivity contribution is 5.60. The van der Waals surface area contributed by atoms with Crippen LogP contribution >= 0.6 is 0 Å². The van der Waals surface area contributed by atoms with Gasteiger partial charge in [0.15, 0.2) is 0 Å².